The minimum Gasteiger partial charge on any atom is -0.494 e. The SMILES string of the molecule is COc1ccc(CNC(=O)c2ccc3n(c2=O)C[C@@H]2CNC[C@H]3C2)cc1F.Cl. The highest BCUT2D eigenvalue weighted by molar-refractivity contribution is 5.93. The first kappa shape index (κ1) is 20.4. The van der Waals surface area contributed by atoms with Crippen molar-refractivity contribution in [3.8, 4) is 5.75 Å². The van der Waals surface area contributed by atoms with Crippen LogP contribution in [-0.4, -0.2) is 30.7 Å². The molecule has 2 bridgehead atoms. The van der Waals surface area contributed by atoms with Gasteiger partial charge in [-0.15, -0.1) is 12.4 Å². The summed E-state index contributed by atoms with van der Waals surface area (Å²) < 4.78 is 20.4. The first-order valence-corrected chi connectivity index (χ1v) is 9.12. The first-order valence-electron chi connectivity index (χ1n) is 9.12. The van der Waals surface area contributed by atoms with Crippen LogP contribution < -0.4 is 20.9 Å². The van der Waals surface area contributed by atoms with Gasteiger partial charge in [0.05, 0.1) is 7.11 Å². The van der Waals surface area contributed by atoms with E-state index in [2.05, 4.69) is 10.6 Å². The zero-order valence-corrected chi connectivity index (χ0v) is 16.4. The molecule has 3 heterocycles. The molecule has 4 rings (SSSR count). The maximum Gasteiger partial charge on any atom is 0.263 e. The van der Waals surface area contributed by atoms with Gasteiger partial charge in [-0.2, -0.15) is 0 Å². The van der Waals surface area contributed by atoms with Crippen molar-refractivity contribution in [1.29, 1.82) is 0 Å². The van der Waals surface area contributed by atoms with Gasteiger partial charge in [-0.25, -0.2) is 4.39 Å². The fourth-order valence-electron chi connectivity index (χ4n) is 4.06. The Morgan fingerprint density at radius 1 is 1.32 bits per heavy atom. The lowest BCUT2D eigenvalue weighted by Gasteiger charge is -2.37. The quantitative estimate of drug-likeness (QED) is 0.813. The standard InChI is InChI=1S/C20H22FN3O3.ClH/c1-27-18-5-2-12(7-16(18)21)9-23-19(25)15-3-4-17-14-6-13(8-22-10-14)11-24(17)20(15)26;/h2-5,7,13-14,22H,6,8-11H2,1H3,(H,23,25);1H/t13-,14+;/m0./s1. The van der Waals surface area contributed by atoms with Crippen LogP contribution >= 0.6 is 12.4 Å². The van der Waals surface area contributed by atoms with Gasteiger partial charge in [-0.05, 0) is 48.7 Å². The van der Waals surface area contributed by atoms with Gasteiger partial charge in [0.1, 0.15) is 5.56 Å². The van der Waals surface area contributed by atoms with Gasteiger partial charge in [0.25, 0.3) is 11.5 Å². The number of hydrogen-bond acceptors (Lipinski definition) is 4. The molecule has 1 amide bonds. The van der Waals surface area contributed by atoms with Crippen LogP contribution in [0.3, 0.4) is 0 Å². The molecule has 0 unspecified atom stereocenters. The molecular weight excluding hydrogens is 385 g/mol. The lowest BCUT2D eigenvalue weighted by molar-refractivity contribution is 0.0948. The lowest BCUT2D eigenvalue weighted by Crippen LogP contribution is -2.46. The van der Waals surface area contributed by atoms with Gasteiger partial charge in [-0.3, -0.25) is 9.59 Å². The Morgan fingerprint density at radius 2 is 2.14 bits per heavy atom. The number of ether oxygens (including phenoxy) is 1. The summed E-state index contributed by atoms with van der Waals surface area (Å²) in [7, 11) is 1.40. The largest absolute Gasteiger partial charge is 0.494 e. The molecule has 28 heavy (non-hydrogen) atoms. The van der Waals surface area contributed by atoms with Crippen LogP contribution in [0.5, 0.6) is 5.75 Å². The summed E-state index contributed by atoms with van der Waals surface area (Å²) in [6.45, 7) is 2.55. The Labute approximate surface area is 168 Å². The van der Waals surface area contributed by atoms with Crippen molar-refractivity contribution in [2.45, 2.75) is 25.4 Å². The average molecular weight is 408 g/mol. The number of amides is 1. The van der Waals surface area contributed by atoms with Gasteiger partial charge in [0.15, 0.2) is 11.6 Å². The number of nitrogens with zero attached hydrogens (tertiary/aromatic N) is 1. The second-order valence-corrected chi connectivity index (χ2v) is 7.20. The number of benzene rings is 1. The van der Waals surface area contributed by atoms with Gasteiger partial charge in [0.2, 0.25) is 0 Å². The highest BCUT2D eigenvalue weighted by Crippen LogP contribution is 2.31. The van der Waals surface area contributed by atoms with E-state index in [0.29, 0.717) is 23.9 Å². The van der Waals surface area contributed by atoms with Crippen LogP contribution in [0.2, 0.25) is 0 Å². The second kappa shape index (κ2) is 8.32. The third-order valence-electron chi connectivity index (χ3n) is 5.42. The summed E-state index contributed by atoms with van der Waals surface area (Å²) in [6, 6.07) is 7.99. The molecule has 6 nitrogen and oxygen atoms in total. The zero-order chi connectivity index (χ0) is 19.0. The van der Waals surface area contributed by atoms with E-state index in [1.807, 2.05) is 6.07 Å². The monoisotopic (exact) mass is 407 g/mol. The molecule has 1 aromatic heterocycles. The number of pyridine rings is 1. The van der Waals surface area contributed by atoms with Crippen LogP contribution in [-0.2, 0) is 13.1 Å². The lowest BCUT2D eigenvalue weighted by atomic mass is 9.84. The van der Waals surface area contributed by atoms with Crippen LogP contribution in [0.4, 0.5) is 4.39 Å². The molecule has 0 radical (unpaired) electrons. The third kappa shape index (κ3) is 3.77. The summed E-state index contributed by atoms with van der Waals surface area (Å²) in [4.78, 5) is 25.4. The van der Waals surface area contributed by atoms with Crippen molar-refractivity contribution < 1.29 is 13.9 Å². The molecule has 8 heteroatoms. The van der Waals surface area contributed by atoms with E-state index in [0.717, 1.165) is 25.2 Å². The van der Waals surface area contributed by atoms with E-state index in [1.54, 1.807) is 16.7 Å². The van der Waals surface area contributed by atoms with Crippen LogP contribution in [0.15, 0.2) is 35.1 Å². The van der Waals surface area contributed by atoms with Crippen LogP contribution in [0, 0.1) is 11.7 Å². The summed E-state index contributed by atoms with van der Waals surface area (Å²) in [5.74, 6) is -0.0317. The molecular formula is C20H23ClFN3O3. The maximum absolute atomic E-state index is 13.8. The fourth-order valence-corrected chi connectivity index (χ4v) is 4.06. The number of fused-ring (bicyclic) bond motifs is 4. The van der Waals surface area contributed by atoms with E-state index in [9.17, 15) is 14.0 Å². The maximum atomic E-state index is 13.8. The Balaban J connectivity index is 0.00000225. The van der Waals surface area contributed by atoms with E-state index < -0.39 is 11.7 Å². The Morgan fingerprint density at radius 3 is 2.89 bits per heavy atom. The van der Waals surface area contributed by atoms with E-state index in [-0.39, 0.29) is 35.8 Å². The third-order valence-corrected chi connectivity index (χ3v) is 5.42. The Kier molecular flexibility index (Phi) is 6.05. The van der Waals surface area contributed by atoms with Gasteiger partial charge < -0.3 is 19.9 Å². The number of methoxy groups -OCH3 is 1. The number of carbonyl (C=O) groups excluding carboxylic acids is 1. The van der Waals surface area contributed by atoms with Gasteiger partial charge in [-0.1, -0.05) is 6.07 Å². The molecule has 1 aromatic carbocycles. The number of aromatic nitrogens is 1. The molecule has 2 aliphatic heterocycles. The molecule has 2 atom stereocenters. The van der Waals surface area contributed by atoms with E-state index in [4.69, 9.17) is 4.74 Å². The fraction of sp³-hybridized carbons (Fsp3) is 0.400. The highest BCUT2D eigenvalue weighted by Gasteiger charge is 2.31. The zero-order valence-electron chi connectivity index (χ0n) is 15.5. The van der Waals surface area contributed by atoms with Gasteiger partial charge >= 0.3 is 0 Å². The molecule has 2 aromatic rings. The summed E-state index contributed by atoms with van der Waals surface area (Å²) in [5, 5.41) is 6.11. The predicted molar refractivity (Wildman–Crippen MR) is 106 cm³/mol. The number of rotatable bonds is 4. The molecule has 2 aliphatic rings. The van der Waals surface area contributed by atoms with Crippen LogP contribution in [0.25, 0.3) is 0 Å². The minimum atomic E-state index is -0.488. The van der Waals surface area contributed by atoms with Crippen LogP contribution in [0.1, 0.15) is 34.0 Å². The Bertz CT molecular complexity index is 947. The summed E-state index contributed by atoms with van der Waals surface area (Å²) in [5.41, 5.74) is 1.47. The number of carbonyl (C=O) groups is 1. The number of piperidine rings is 1. The second-order valence-electron chi connectivity index (χ2n) is 7.20. The number of halogens is 2. The molecule has 150 valence electrons. The average Bonchev–Trinajstić information content (AvgIpc) is 2.67. The molecule has 0 aliphatic carbocycles. The van der Waals surface area contributed by atoms with Gasteiger partial charge in [0, 0.05) is 31.2 Å². The summed E-state index contributed by atoms with van der Waals surface area (Å²) in [6.07, 6.45) is 1.08. The van der Waals surface area contributed by atoms with E-state index >= 15 is 0 Å². The van der Waals surface area contributed by atoms with Crippen molar-refractivity contribution in [3.05, 3.63) is 63.3 Å². The number of nitrogens with one attached hydrogen (secondary N) is 2. The minimum absolute atomic E-state index is 0. The first-order chi connectivity index (χ1) is 13.1. The van der Waals surface area contributed by atoms with Crippen molar-refractivity contribution in [2.24, 2.45) is 5.92 Å². The summed E-state index contributed by atoms with van der Waals surface area (Å²) >= 11 is 0. The normalized spacial score (nSPS) is 19.9. The topological polar surface area (TPSA) is 72.4 Å². The molecule has 0 saturated carbocycles. The highest BCUT2D eigenvalue weighted by atomic mass is 35.5. The predicted octanol–water partition coefficient (Wildman–Crippen LogP) is 2.05. The molecule has 2 N–H and O–H groups in total. The van der Waals surface area contributed by atoms with Crippen molar-refractivity contribution in [1.82, 2.24) is 15.2 Å². The smallest absolute Gasteiger partial charge is 0.263 e. The van der Waals surface area contributed by atoms with Crippen molar-refractivity contribution >= 4 is 18.3 Å². The number of hydrogen-bond donors (Lipinski definition) is 2. The molecule has 1 saturated heterocycles. The Hall–Kier alpha value is -2.38. The van der Waals surface area contributed by atoms with E-state index in [1.165, 1.54) is 19.2 Å². The molecule has 0 spiro atoms. The van der Waals surface area contributed by atoms with Crippen molar-refractivity contribution in [3.63, 3.8) is 0 Å². The van der Waals surface area contributed by atoms with Crippen molar-refractivity contribution in [2.75, 3.05) is 20.2 Å². The molecule has 1 fully saturated rings.